The third kappa shape index (κ3) is 4.73. The van der Waals surface area contributed by atoms with Gasteiger partial charge in [-0.3, -0.25) is 14.3 Å². The zero-order valence-corrected chi connectivity index (χ0v) is 11.9. The second-order valence-corrected chi connectivity index (χ2v) is 5.28. The molecule has 0 aliphatic carbocycles. The Kier molecular flexibility index (Phi) is 5.09. The smallest absolute Gasteiger partial charge is 0.305 e. The third-order valence-electron chi connectivity index (χ3n) is 2.60. The van der Waals surface area contributed by atoms with Crippen molar-refractivity contribution in [1.29, 1.82) is 0 Å². The Hall–Kier alpha value is -1.85. The van der Waals surface area contributed by atoms with Crippen molar-refractivity contribution < 1.29 is 14.3 Å². The van der Waals surface area contributed by atoms with Crippen LogP contribution in [0.1, 0.15) is 44.0 Å². The summed E-state index contributed by atoms with van der Waals surface area (Å²) in [7, 11) is 1.35. The number of nitrogens with one attached hydrogen (secondary N) is 1. The highest BCUT2D eigenvalue weighted by Crippen LogP contribution is 2.12. The summed E-state index contributed by atoms with van der Waals surface area (Å²) in [5.41, 5.74) is 0.372. The second kappa shape index (κ2) is 6.36. The van der Waals surface area contributed by atoms with Crippen LogP contribution in [0.2, 0.25) is 0 Å². The first-order valence-corrected chi connectivity index (χ1v) is 6.25. The third-order valence-corrected chi connectivity index (χ3v) is 2.60. The van der Waals surface area contributed by atoms with Crippen molar-refractivity contribution in [2.75, 3.05) is 13.7 Å². The molecule has 0 aromatic carbocycles. The zero-order chi connectivity index (χ0) is 14.5. The van der Waals surface area contributed by atoms with E-state index in [2.05, 4.69) is 15.2 Å². The van der Waals surface area contributed by atoms with Gasteiger partial charge in [0.2, 0.25) is 0 Å². The Morgan fingerprint density at radius 1 is 1.42 bits per heavy atom. The number of esters is 1. The number of methoxy groups -OCH3 is 1. The fourth-order valence-corrected chi connectivity index (χ4v) is 1.45. The molecule has 6 nitrogen and oxygen atoms in total. The van der Waals surface area contributed by atoms with Crippen LogP contribution in [0.4, 0.5) is 0 Å². The normalized spacial score (nSPS) is 11.2. The highest BCUT2D eigenvalue weighted by molar-refractivity contribution is 5.93. The summed E-state index contributed by atoms with van der Waals surface area (Å²) >= 11 is 0. The molecule has 1 N–H and O–H groups in total. The van der Waals surface area contributed by atoms with Gasteiger partial charge in [-0.05, 0) is 27.2 Å². The van der Waals surface area contributed by atoms with Crippen LogP contribution in [-0.2, 0) is 15.1 Å². The quantitative estimate of drug-likeness (QED) is 0.645. The van der Waals surface area contributed by atoms with Gasteiger partial charge in [-0.1, -0.05) is 0 Å². The lowest BCUT2D eigenvalue weighted by molar-refractivity contribution is -0.140. The van der Waals surface area contributed by atoms with Crippen molar-refractivity contribution in [3.63, 3.8) is 0 Å². The van der Waals surface area contributed by atoms with E-state index in [4.69, 9.17) is 0 Å². The van der Waals surface area contributed by atoms with E-state index in [0.717, 1.165) is 0 Å². The molecule has 0 fully saturated rings. The van der Waals surface area contributed by atoms with Crippen molar-refractivity contribution in [2.45, 2.75) is 39.2 Å². The van der Waals surface area contributed by atoms with Crippen molar-refractivity contribution in [3.8, 4) is 0 Å². The average molecular weight is 267 g/mol. The summed E-state index contributed by atoms with van der Waals surface area (Å²) < 4.78 is 6.26. The number of rotatable bonds is 5. The SMILES string of the molecule is COC(=O)CCCNC(=O)c1cnn(C(C)(C)C)c1. The summed E-state index contributed by atoms with van der Waals surface area (Å²) in [5.74, 6) is -0.449. The number of carbonyl (C=O) groups excluding carboxylic acids is 2. The lowest BCUT2D eigenvalue weighted by atomic mass is 10.1. The molecule has 0 aliphatic rings. The lowest BCUT2D eigenvalue weighted by Crippen LogP contribution is -2.25. The van der Waals surface area contributed by atoms with Crippen molar-refractivity contribution >= 4 is 11.9 Å². The number of hydrogen-bond donors (Lipinski definition) is 1. The van der Waals surface area contributed by atoms with Gasteiger partial charge in [0.1, 0.15) is 0 Å². The minimum absolute atomic E-state index is 0.149. The van der Waals surface area contributed by atoms with E-state index >= 15 is 0 Å². The largest absolute Gasteiger partial charge is 0.469 e. The predicted molar refractivity (Wildman–Crippen MR) is 70.8 cm³/mol. The molecule has 1 heterocycles. The Bertz CT molecular complexity index is 446. The van der Waals surface area contributed by atoms with Crippen LogP contribution in [0, 0.1) is 0 Å². The van der Waals surface area contributed by atoms with Crippen molar-refractivity contribution in [2.24, 2.45) is 0 Å². The van der Waals surface area contributed by atoms with E-state index in [9.17, 15) is 9.59 Å². The molecule has 1 rings (SSSR count). The first kappa shape index (κ1) is 15.2. The molecular formula is C13H21N3O3. The molecule has 1 aromatic heterocycles. The molecule has 0 bridgehead atoms. The Morgan fingerprint density at radius 3 is 2.63 bits per heavy atom. The maximum atomic E-state index is 11.8. The van der Waals surface area contributed by atoms with E-state index < -0.39 is 0 Å². The zero-order valence-electron chi connectivity index (χ0n) is 11.9. The van der Waals surface area contributed by atoms with Gasteiger partial charge in [0.25, 0.3) is 5.91 Å². The molecule has 1 amide bonds. The van der Waals surface area contributed by atoms with E-state index in [0.29, 0.717) is 24.9 Å². The standard InChI is InChI=1S/C13H21N3O3/c1-13(2,3)16-9-10(8-15-16)12(18)14-7-5-6-11(17)19-4/h8-9H,5-7H2,1-4H3,(H,14,18). The highest BCUT2D eigenvalue weighted by Gasteiger charge is 2.16. The van der Waals surface area contributed by atoms with Crippen LogP contribution >= 0.6 is 0 Å². The van der Waals surface area contributed by atoms with Crippen molar-refractivity contribution in [3.05, 3.63) is 18.0 Å². The van der Waals surface area contributed by atoms with E-state index in [1.54, 1.807) is 17.1 Å². The number of ether oxygens (including phenoxy) is 1. The molecular weight excluding hydrogens is 246 g/mol. The van der Waals surface area contributed by atoms with Crippen molar-refractivity contribution in [1.82, 2.24) is 15.1 Å². The second-order valence-electron chi connectivity index (χ2n) is 5.28. The minimum Gasteiger partial charge on any atom is -0.469 e. The van der Waals surface area contributed by atoms with Gasteiger partial charge >= 0.3 is 5.97 Å². The Balaban J connectivity index is 2.42. The first-order chi connectivity index (χ1) is 8.84. The van der Waals surface area contributed by atoms with E-state index in [-0.39, 0.29) is 17.4 Å². The van der Waals surface area contributed by atoms with Crippen LogP contribution < -0.4 is 5.32 Å². The van der Waals surface area contributed by atoms with Gasteiger partial charge in [-0.15, -0.1) is 0 Å². The van der Waals surface area contributed by atoms with Gasteiger partial charge in [0.15, 0.2) is 0 Å². The Morgan fingerprint density at radius 2 is 2.11 bits per heavy atom. The molecule has 106 valence electrons. The summed E-state index contributed by atoms with van der Waals surface area (Å²) in [6, 6.07) is 0. The summed E-state index contributed by atoms with van der Waals surface area (Å²) in [4.78, 5) is 22.7. The van der Waals surface area contributed by atoms with E-state index in [1.807, 2.05) is 20.8 Å². The number of nitrogens with zero attached hydrogens (tertiary/aromatic N) is 2. The monoisotopic (exact) mass is 267 g/mol. The summed E-state index contributed by atoms with van der Waals surface area (Å²) in [5, 5.41) is 6.90. The van der Waals surface area contributed by atoms with Crippen LogP contribution in [0.3, 0.4) is 0 Å². The van der Waals surface area contributed by atoms with Gasteiger partial charge < -0.3 is 10.1 Å². The van der Waals surface area contributed by atoms with Gasteiger partial charge in [0, 0.05) is 19.2 Å². The summed E-state index contributed by atoms with van der Waals surface area (Å²) in [6.45, 7) is 6.47. The van der Waals surface area contributed by atoms with Crippen LogP contribution in [0.15, 0.2) is 12.4 Å². The molecule has 1 aromatic rings. The topological polar surface area (TPSA) is 73.2 Å². The minimum atomic E-state index is -0.269. The predicted octanol–water partition coefficient (Wildman–Crippen LogP) is 1.32. The molecule has 19 heavy (non-hydrogen) atoms. The Labute approximate surface area is 113 Å². The summed E-state index contributed by atoms with van der Waals surface area (Å²) in [6.07, 6.45) is 4.13. The van der Waals surface area contributed by atoms with Crippen LogP contribution in [-0.4, -0.2) is 35.3 Å². The maximum Gasteiger partial charge on any atom is 0.305 e. The lowest BCUT2D eigenvalue weighted by Gasteiger charge is -2.18. The molecule has 0 saturated carbocycles. The van der Waals surface area contributed by atoms with Crippen LogP contribution in [0.25, 0.3) is 0 Å². The fourth-order valence-electron chi connectivity index (χ4n) is 1.45. The molecule has 6 heteroatoms. The maximum absolute atomic E-state index is 11.8. The van der Waals surface area contributed by atoms with Gasteiger partial charge in [-0.2, -0.15) is 5.10 Å². The van der Waals surface area contributed by atoms with Gasteiger partial charge in [-0.25, -0.2) is 0 Å². The highest BCUT2D eigenvalue weighted by atomic mass is 16.5. The van der Waals surface area contributed by atoms with Gasteiger partial charge in [0.05, 0.1) is 24.4 Å². The fraction of sp³-hybridized carbons (Fsp3) is 0.615. The molecule has 0 atom stereocenters. The first-order valence-electron chi connectivity index (χ1n) is 6.25. The molecule has 0 unspecified atom stereocenters. The average Bonchev–Trinajstić information content (AvgIpc) is 2.83. The van der Waals surface area contributed by atoms with E-state index in [1.165, 1.54) is 7.11 Å². The molecule has 0 spiro atoms. The molecule has 0 aliphatic heterocycles. The number of amides is 1. The molecule has 0 saturated heterocycles. The molecule has 0 radical (unpaired) electrons. The number of aromatic nitrogens is 2. The number of hydrogen-bond acceptors (Lipinski definition) is 4. The van der Waals surface area contributed by atoms with Crippen LogP contribution in [0.5, 0.6) is 0 Å². The number of carbonyl (C=O) groups is 2.